The Bertz CT molecular complexity index is 315. The number of morpholine rings is 1. The standard InChI is InChI=1S/C14H22N2O/c1-13-12-16(10-11-17-13)9-5-8-15-14-6-3-2-4-7-14/h2-4,6-7,13,15H,5,8-12H2,1H3. The van der Waals surface area contributed by atoms with Gasteiger partial charge in [-0.1, -0.05) is 18.2 Å². The normalized spacial score (nSPS) is 21.4. The van der Waals surface area contributed by atoms with E-state index in [1.165, 1.54) is 12.1 Å². The van der Waals surface area contributed by atoms with Crippen molar-refractivity contribution in [3.05, 3.63) is 30.3 Å². The van der Waals surface area contributed by atoms with Crippen LogP contribution >= 0.6 is 0 Å². The van der Waals surface area contributed by atoms with Crippen LogP contribution in [0.2, 0.25) is 0 Å². The molecule has 1 aliphatic rings. The third-order valence-electron chi connectivity index (χ3n) is 3.08. The molecule has 1 atom stereocenters. The second-order valence-corrected chi connectivity index (χ2v) is 4.63. The van der Waals surface area contributed by atoms with Gasteiger partial charge in [0.25, 0.3) is 0 Å². The van der Waals surface area contributed by atoms with E-state index in [4.69, 9.17) is 4.74 Å². The molecule has 1 saturated heterocycles. The first-order valence-corrected chi connectivity index (χ1v) is 6.47. The summed E-state index contributed by atoms with van der Waals surface area (Å²) in [4.78, 5) is 2.49. The first-order chi connectivity index (χ1) is 8.34. The fraction of sp³-hybridized carbons (Fsp3) is 0.571. The lowest BCUT2D eigenvalue weighted by Crippen LogP contribution is -2.41. The Hall–Kier alpha value is -1.06. The van der Waals surface area contributed by atoms with E-state index in [0.29, 0.717) is 6.10 Å². The molecule has 0 aliphatic carbocycles. The van der Waals surface area contributed by atoms with Crippen LogP contribution in [0.1, 0.15) is 13.3 Å². The molecule has 0 aromatic heterocycles. The predicted molar refractivity (Wildman–Crippen MR) is 71.4 cm³/mol. The summed E-state index contributed by atoms with van der Waals surface area (Å²) in [6.45, 7) is 7.38. The number of anilines is 1. The Labute approximate surface area is 104 Å². The van der Waals surface area contributed by atoms with Gasteiger partial charge < -0.3 is 10.1 Å². The molecule has 1 heterocycles. The third-order valence-corrected chi connectivity index (χ3v) is 3.08. The van der Waals surface area contributed by atoms with E-state index in [2.05, 4.69) is 41.4 Å². The van der Waals surface area contributed by atoms with Crippen molar-refractivity contribution in [3.63, 3.8) is 0 Å². The quantitative estimate of drug-likeness (QED) is 0.791. The molecule has 94 valence electrons. The zero-order chi connectivity index (χ0) is 11.9. The van der Waals surface area contributed by atoms with E-state index in [1.54, 1.807) is 0 Å². The third kappa shape index (κ3) is 4.36. The molecule has 1 aromatic carbocycles. The molecule has 0 bridgehead atoms. The van der Waals surface area contributed by atoms with Crippen molar-refractivity contribution < 1.29 is 4.74 Å². The Morgan fingerprint density at radius 3 is 2.94 bits per heavy atom. The van der Waals surface area contributed by atoms with Crippen LogP contribution in [-0.2, 0) is 4.74 Å². The largest absolute Gasteiger partial charge is 0.385 e. The van der Waals surface area contributed by atoms with E-state index in [1.807, 2.05) is 6.07 Å². The van der Waals surface area contributed by atoms with Gasteiger partial charge in [-0.05, 0) is 25.5 Å². The van der Waals surface area contributed by atoms with Crippen molar-refractivity contribution in [3.8, 4) is 0 Å². The number of benzene rings is 1. The molecule has 3 nitrogen and oxygen atoms in total. The average molecular weight is 234 g/mol. The van der Waals surface area contributed by atoms with Crippen LogP contribution in [0.4, 0.5) is 5.69 Å². The van der Waals surface area contributed by atoms with E-state index in [-0.39, 0.29) is 0 Å². The fourth-order valence-electron chi connectivity index (χ4n) is 2.19. The summed E-state index contributed by atoms with van der Waals surface area (Å²) in [6, 6.07) is 10.4. The van der Waals surface area contributed by atoms with Crippen molar-refractivity contribution in [2.75, 3.05) is 38.1 Å². The van der Waals surface area contributed by atoms with Gasteiger partial charge in [-0.2, -0.15) is 0 Å². The maximum Gasteiger partial charge on any atom is 0.0674 e. The van der Waals surface area contributed by atoms with Gasteiger partial charge in [0.2, 0.25) is 0 Å². The molecule has 1 fully saturated rings. The Morgan fingerprint density at radius 2 is 2.18 bits per heavy atom. The summed E-state index contributed by atoms with van der Waals surface area (Å²) in [5, 5.41) is 3.44. The van der Waals surface area contributed by atoms with Gasteiger partial charge in [0.05, 0.1) is 12.7 Å². The minimum Gasteiger partial charge on any atom is -0.385 e. The fourth-order valence-corrected chi connectivity index (χ4v) is 2.19. The molecule has 0 amide bonds. The van der Waals surface area contributed by atoms with Crippen LogP contribution in [0.25, 0.3) is 0 Å². The van der Waals surface area contributed by atoms with Crippen LogP contribution < -0.4 is 5.32 Å². The van der Waals surface area contributed by atoms with Crippen molar-refractivity contribution in [2.45, 2.75) is 19.4 Å². The topological polar surface area (TPSA) is 24.5 Å². The number of rotatable bonds is 5. The Balaban J connectivity index is 1.60. The minimum atomic E-state index is 0.394. The molecule has 0 radical (unpaired) electrons. The van der Waals surface area contributed by atoms with E-state index < -0.39 is 0 Å². The second-order valence-electron chi connectivity index (χ2n) is 4.63. The predicted octanol–water partition coefficient (Wildman–Crippen LogP) is 2.21. The number of nitrogens with one attached hydrogen (secondary N) is 1. The van der Waals surface area contributed by atoms with Crippen molar-refractivity contribution in [1.82, 2.24) is 4.90 Å². The van der Waals surface area contributed by atoms with E-state index in [9.17, 15) is 0 Å². The molecule has 2 rings (SSSR count). The highest BCUT2D eigenvalue weighted by Gasteiger charge is 2.15. The summed E-state index contributed by atoms with van der Waals surface area (Å²) in [7, 11) is 0. The van der Waals surface area contributed by atoms with Gasteiger partial charge >= 0.3 is 0 Å². The smallest absolute Gasteiger partial charge is 0.0674 e. The molecule has 1 N–H and O–H groups in total. The lowest BCUT2D eigenvalue weighted by atomic mass is 10.2. The number of ether oxygens (including phenoxy) is 1. The summed E-state index contributed by atoms with van der Waals surface area (Å²) >= 11 is 0. The SMILES string of the molecule is CC1CN(CCCNc2ccccc2)CCO1. The van der Waals surface area contributed by atoms with Crippen LogP contribution in [0.15, 0.2) is 30.3 Å². The summed E-state index contributed by atoms with van der Waals surface area (Å²) < 4.78 is 5.53. The maximum absolute atomic E-state index is 5.53. The number of hydrogen-bond acceptors (Lipinski definition) is 3. The monoisotopic (exact) mass is 234 g/mol. The summed E-state index contributed by atoms with van der Waals surface area (Å²) in [6.07, 6.45) is 1.58. The van der Waals surface area contributed by atoms with Gasteiger partial charge in [-0.3, -0.25) is 4.90 Å². The zero-order valence-corrected chi connectivity index (χ0v) is 10.6. The first-order valence-electron chi connectivity index (χ1n) is 6.47. The number of para-hydroxylation sites is 1. The van der Waals surface area contributed by atoms with Gasteiger partial charge in [-0.25, -0.2) is 0 Å². The van der Waals surface area contributed by atoms with Gasteiger partial charge in [0, 0.05) is 31.9 Å². The van der Waals surface area contributed by atoms with E-state index >= 15 is 0 Å². The number of hydrogen-bond donors (Lipinski definition) is 1. The summed E-state index contributed by atoms with van der Waals surface area (Å²) in [5.74, 6) is 0. The second kappa shape index (κ2) is 6.62. The van der Waals surface area contributed by atoms with Crippen LogP contribution in [0, 0.1) is 0 Å². The highest BCUT2D eigenvalue weighted by Crippen LogP contribution is 2.07. The van der Waals surface area contributed by atoms with Gasteiger partial charge in [-0.15, -0.1) is 0 Å². The molecule has 1 aliphatic heterocycles. The molecule has 1 aromatic rings. The van der Waals surface area contributed by atoms with Crippen LogP contribution in [0.5, 0.6) is 0 Å². The van der Waals surface area contributed by atoms with Crippen molar-refractivity contribution in [1.29, 1.82) is 0 Å². The molecule has 1 unspecified atom stereocenters. The first kappa shape index (κ1) is 12.4. The highest BCUT2D eigenvalue weighted by molar-refractivity contribution is 5.42. The Morgan fingerprint density at radius 1 is 1.35 bits per heavy atom. The average Bonchev–Trinajstić information content (AvgIpc) is 2.36. The molecular formula is C14H22N2O. The van der Waals surface area contributed by atoms with Crippen LogP contribution in [0.3, 0.4) is 0 Å². The van der Waals surface area contributed by atoms with Gasteiger partial charge in [0.1, 0.15) is 0 Å². The van der Waals surface area contributed by atoms with Crippen molar-refractivity contribution in [2.24, 2.45) is 0 Å². The summed E-state index contributed by atoms with van der Waals surface area (Å²) in [5.41, 5.74) is 1.21. The lowest BCUT2D eigenvalue weighted by molar-refractivity contribution is -0.0181. The molecule has 17 heavy (non-hydrogen) atoms. The molecule has 0 spiro atoms. The maximum atomic E-state index is 5.53. The van der Waals surface area contributed by atoms with Crippen LogP contribution in [-0.4, -0.2) is 43.8 Å². The number of nitrogens with zero attached hydrogens (tertiary/aromatic N) is 1. The zero-order valence-electron chi connectivity index (χ0n) is 10.6. The Kier molecular flexibility index (Phi) is 4.83. The minimum absolute atomic E-state index is 0.394. The van der Waals surface area contributed by atoms with Gasteiger partial charge in [0.15, 0.2) is 0 Å². The van der Waals surface area contributed by atoms with E-state index in [0.717, 1.165) is 32.8 Å². The lowest BCUT2D eigenvalue weighted by Gasteiger charge is -2.31. The molecule has 0 saturated carbocycles. The van der Waals surface area contributed by atoms with Crippen molar-refractivity contribution >= 4 is 5.69 Å². The highest BCUT2D eigenvalue weighted by atomic mass is 16.5. The molecular weight excluding hydrogens is 212 g/mol. The molecule has 3 heteroatoms.